The molecule has 1 aliphatic rings. The lowest BCUT2D eigenvalue weighted by atomic mass is 10.1. The molecule has 2 heterocycles. The Bertz CT molecular complexity index is 792. The van der Waals surface area contributed by atoms with E-state index in [1.54, 1.807) is 24.3 Å². The molecule has 0 radical (unpaired) electrons. The summed E-state index contributed by atoms with van der Waals surface area (Å²) in [7, 11) is 3.58. The van der Waals surface area contributed by atoms with Crippen LogP contribution in [0.3, 0.4) is 0 Å². The van der Waals surface area contributed by atoms with Crippen molar-refractivity contribution in [3.63, 3.8) is 0 Å². The van der Waals surface area contributed by atoms with Crippen LogP contribution in [0.4, 0.5) is 5.82 Å². The van der Waals surface area contributed by atoms with Crippen LogP contribution in [0.2, 0.25) is 5.02 Å². The van der Waals surface area contributed by atoms with Gasteiger partial charge in [-0.25, -0.2) is 4.98 Å². The number of aromatic nitrogens is 1. The summed E-state index contributed by atoms with van der Waals surface area (Å²) in [6, 6.07) is 9.65. The molecule has 0 spiro atoms. The third kappa shape index (κ3) is 4.34. The van der Waals surface area contributed by atoms with Crippen molar-refractivity contribution in [1.29, 1.82) is 0 Å². The van der Waals surface area contributed by atoms with Gasteiger partial charge in [-0.15, -0.1) is 0 Å². The van der Waals surface area contributed by atoms with Gasteiger partial charge in [0.2, 0.25) is 0 Å². The molecular formula is C20H24ClN3O3. The van der Waals surface area contributed by atoms with Crippen molar-refractivity contribution in [1.82, 2.24) is 9.88 Å². The lowest BCUT2D eigenvalue weighted by molar-refractivity contribution is 0.0302. The van der Waals surface area contributed by atoms with Crippen molar-refractivity contribution in [3.05, 3.63) is 52.7 Å². The molecule has 3 rings (SSSR count). The van der Waals surface area contributed by atoms with Crippen LogP contribution in [-0.2, 0) is 4.74 Å². The fraction of sp³-hybridized carbons (Fsp3) is 0.400. The second-order valence-electron chi connectivity index (χ2n) is 6.49. The standard InChI is InChI=1S/C20H24ClN3O3/c1-14(15-4-6-17(26-3)7-5-15)23(2)19-18(21)12-16(13-22-19)20(25)24-8-10-27-11-9-24/h4-7,12-14H,8-11H2,1-3H3. The van der Waals surface area contributed by atoms with E-state index in [-0.39, 0.29) is 11.9 Å². The van der Waals surface area contributed by atoms with Gasteiger partial charge in [0, 0.05) is 26.3 Å². The minimum absolute atomic E-state index is 0.0571. The Morgan fingerprint density at radius 3 is 2.56 bits per heavy atom. The number of nitrogens with zero attached hydrogens (tertiary/aromatic N) is 3. The Morgan fingerprint density at radius 2 is 1.96 bits per heavy atom. The molecule has 1 fully saturated rings. The number of carbonyl (C=O) groups excluding carboxylic acids is 1. The van der Waals surface area contributed by atoms with Gasteiger partial charge in [-0.3, -0.25) is 4.79 Å². The van der Waals surface area contributed by atoms with Crippen LogP contribution in [-0.4, -0.2) is 56.3 Å². The highest BCUT2D eigenvalue weighted by molar-refractivity contribution is 6.33. The van der Waals surface area contributed by atoms with Crippen molar-refractivity contribution in [2.75, 3.05) is 45.4 Å². The third-order valence-corrected chi connectivity index (χ3v) is 5.16. The van der Waals surface area contributed by atoms with E-state index in [0.717, 1.165) is 11.3 Å². The Hall–Kier alpha value is -2.31. The highest BCUT2D eigenvalue weighted by atomic mass is 35.5. The van der Waals surface area contributed by atoms with Gasteiger partial charge in [0.25, 0.3) is 5.91 Å². The summed E-state index contributed by atoms with van der Waals surface area (Å²) in [6.45, 7) is 4.38. The Kier molecular flexibility index (Phi) is 6.19. The van der Waals surface area contributed by atoms with Gasteiger partial charge in [-0.05, 0) is 30.7 Å². The predicted octanol–water partition coefficient (Wildman–Crippen LogP) is 3.41. The van der Waals surface area contributed by atoms with E-state index in [1.165, 1.54) is 0 Å². The molecule has 1 amide bonds. The molecule has 0 aliphatic carbocycles. The molecule has 1 aromatic carbocycles. The monoisotopic (exact) mass is 389 g/mol. The quantitative estimate of drug-likeness (QED) is 0.784. The van der Waals surface area contributed by atoms with E-state index in [1.807, 2.05) is 36.2 Å². The molecule has 1 unspecified atom stereocenters. The number of pyridine rings is 1. The zero-order valence-corrected chi connectivity index (χ0v) is 16.6. The number of halogens is 1. The van der Waals surface area contributed by atoms with Crippen molar-refractivity contribution in [2.45, 2.75) is 13.0 Å². The van der Waals surface area contributed by atoms with Gasteiger partial charge >= 0.3 is 0 Å². The van der Waals surface area contributed by atoms with Crippen LogP contribution in [0, 0.1) is 0 Å². The number of benzene rings is 1. The second kappa shape index (κ2) is 8.59. The molecule has 1 atom stereocenters. The molecule has 1 saturated heterocycles. The van der Waals surface area contributed by atoms with Crippen molar-refractivity contribution < 1.29 is 14.3 Å². The summed E-state index contributed by atoms with van der Waals surface area (Å²) in [4.78, 5) is 20.8. The highest BCUT2D eigenvalue weighted by Crippen LogP contribution is 2.30. The fourth-order valence-corrected chi connectivity index (χ4v) is 3.35. The first kappa shape index (κ1) is 19.5. The largest absolute Gasteiger partial charge is 0.497 e. The van der Waals surface area contributed by atoms with Crippen molar-refractivity contribution in [2.24, 2.45) is 0 Å². The van der Waals surface area contributed by atoms with Gasteiger partial charge in [-0.2, -0.15) is 0 Å². The fourth-order valence-electron chi connectivity index (χ4n) is 3.05. The number of methoxy groups -OCH3 is 1. The van der Waals surface area contributed by atoms with Crippen LogP contribution < -0.4 is 9.64 Å². The van der Waals surface area contributed by atoms with Crippen LogP contribution in [0.15, 0.2) is 36.5 Å². The highest BCUT2D eigenvalue weighted by Gasteiger charge is 2.22. The summed E-state index contributed by atoms with van der Waals surface area (Å²) >= 11 is 6.47. The summed E-state index contributed by atoms with van der Waals surface area (Å²) in [6.07, 6.45) is 1.59. The Balaban J connectivity index is 1.76. The van der Waals surface area contributed by atoms with E-state index in [4.69, 9.17) is 21.1 Å². The van der Waals surface area contributed by atoms with Crippen LogP contribution in [0.1, 0.15) is 28.9 Å². The molecule has 0 bridgehead atoms. The molecule has 2 aromatic rings. The molecule has 0 saturated carbocycles. The first-order valence-corrected chi connectivity index (χ1v) is 9.28. The smallest absolute Gasteiger partial charge is 0.255 e. The summed E-state index contributed by atoms with van der Waals surface area (Å²) in [5, 5.41) is 0.456. The van der Waals surface area contributed by atoms with Gasteiger partial charge in [0.1, 0.15) is 11.6 Å². The molecule has 27 heavy (non-hydrogen) atoms. The van der Waals surface area contributed by atoms with Gasteiger partial charge in [-0.1, -0.05) is 23.7 Å². The number of carbonyl (C=O) groups is 1. The van der Waals surface area contributed by atoms with Crippen molar-refractivity contribution in [3.8, 4) is 5.75 Å². The zero-order valence-electron chi connectivity index (χ0n) is 15.8. The number of hydrogen-bond donors (Lipinski definition) is 0. The topological polar surface area (TPSA) is 54.9 Å². The number of hydrogen-bond acceptors (Lipinski definition) is 5. The summed E-state index contributed by atoms with van der Waals surface area (Å²) in [5.74, 6) is 1.39. The zero-order chi connectivity index (χ0) is 19.4. The van der Waals surface area contributed by atoms with Gasteiger partial charge in [0.15, 0.2) is 0 Å². The van der Waals surface area contributed by atoms with E-state index in [9.17, 15) is 4.79 Å². The first-order valence-electron chi connectivity index (χ1n) is 8.90. The minimum Gasteiger partial charge on any atom is -0.497 e. The van der Waals surface area contributed by atoms with Gasteiger partial charge in [0.05, 0.1) is 37.0 Å². The molecule has 7 heteroatoms. The third-order valence-electron chi connectivity index (χ3n) is 4.88. The van der Waals surface area contributed by atoms with E-state index in [2.05, 4.69) is 11.9 Å². The lowest BCUT2D eigenvalue weighted by Crippen LogP contribution is -2.40. The maximum atomic E-state index is 12.6. The molecule has 1 aliphatic heterocycles. The average Bonchev–Trinajstić information content (AvgIpc) is 2.72. The normalized spacial score (nSPS) is 15.3. The lowest BCUT2D eigenvalue weighted by Gasteiger charge is -2.28. The molecule has 144 valence electrons. The molecule has 0 N–H and O–H groups in total. The average molecular weight is 390 g/mol. The second-order valence-corrected chi connectivity index (χ2v) is 6.90. The van der Waals surface area contributed by atoms with E-state index < -0.39 is 0 Å². The molecule has 1 aromatic heterocycles. The number of morpholine rings is 1. The molecular weight excluding hydrogens is 366 g/mol. The number of ether oxygens (including phenoxy) is 2. The predicted molar refractivity (Wildman–Crippen MR) is 106 cm³/mol. The number of anilines is 1. The SMILES string of the molecule is COc1ccc(C(C)N(C)c2ncc(C(=O)N3CCOCC3)cc2Cl)cc1. The maximum Gasteiger partial charge on any atom is 0.255 e. The number of rotatable bonds is 5. The van der Waals surface area contributed by atoms with Crippen molar-refractivity contribution >= 4 is 23.3 Å². The Labute approximate surface area is 164 Å². The van der Waals surface area contributed by atoms with Crippen LogP contribution in [0.5, 0.6) is 5.75 Å². The molecule has 6 nitrogen and oxygen atoms in total. The summed E-state index contributed by atoms with van der Waals surface area (Å²) < 4.78 is 10.5. The minimum atomic E-state index is -0.0647. The van der Waals surface area contributed by atoms with Crippen LogP contribution in [0.25, 0.3) is 0 Å². The summed E-state index contributed by atoms with van der Waals surface area (Å²) in [5.41, 5.74) is 1.61. The number of amides is 1. The van der Waals surface area contributed by atoms with Crippen LogP contribution >= 0.6 is 11.6 Å². The van der Waals surface area contributed by atoms with Gasteiger partial charge < -0.3 is 19.3 Å². The maximum absolute atomic E-state index is 12.6. The van der Waals surface area contributed by atoms with E-state index in [0.29, 0.717) is 42.7 Å². The van der Waals surface area contributed by atoms with E-state index >= 15 is 0 Å². The Morgan fingerprint density at radius 1 is 1.30 bits per heavy atom. The first-order chi connectivity index (χ1) is 13.0.